The first-order valence-electron chi connectivity index (χ1n) is 4.86. The molecule has 0 spiro atoms. The molecule has 3 rings (SSSR count). The molecular formula is C11H10ClNO. The maximum absolute atomic E-state index is 11.6. The monoisotopic (exact) mass is 207 g/mol. The average Bonchev–Trinajstić information content (AvgIpc) is 2.94. The second-order valence-electron chi connectivity index (χ2n) is 3.99. The van der Waals surface area contributed by atoms with Crippen molar-refractivity contribution >= 4 is 17.5 Å². The van der Waals surface area contributed by atoms with E-state index < -0.39 is 0 Å². The van der Waals surface area contributed by atoms with Crippen LogP contribution in [0.1, 0.15) is 34.8 Å². The first kappa shape index (κ1) is 8.30. The fraction of sp³-hybridized carbons (Fsp3) is 0.364. The molecule has 1 aliphatic carbocycles. The fourth-order valence-corrected chi connectivity index (χ4v) is 2.42. The third-order valence-corrected chi connectivity index (χ3v) is 3.32. The molecule has 14 heavy (non-hydrogen) atoms. The van der Waals surface area contributed by atoms with Crippen molar-refractivity contribution in [1.29, 1.82) is 0 Å². The number of carbonyl (C=O) groups excluding carboxylic acids is 1. The molecular weight excluding hydrogens is 198 g/mol. The molecule has 0 aromatic heterocycles. The molecule has 0 saturated heterocycles. The van der Waals surface area contributed by atoms with Crippen molar-refractivity contribution in [2.24, 2.45) is 5.92 Å². The van der Waals surface area contributed by atoms with Gasteiger partial charge >= 0.3 is 0 Å². The van der Waals surface area contributed by atoms with Gasteiger partial charge in [-0.1, -0.05) is 17.7 Å². The molecule has 2 nitrogen and oxygen atoms in total. The lowest BCUT2D eigenvalue weighted by Crippen LogP contribution is -2.20. The minimum absolute atomic E-state index is 0.0272. The zero-order valence-corrected chi connectivity index (χ0v) is 8.34. The molecule has 1 fully saturated rings. The average molecular weight is 208 g/mol. The molecule has 1 unspecified atom stereocenters. The van der Waals surface area contributed by atoms with Crippen LogP contribution in [0, 0.1) is 5.92 Å². The maximum Gasteiger partial charge on any atom is 0.252 e. The summed E-state index contributed by atoms with van der Waals surface area (Å²) in [5.74, 6) is 0.638. The highest BCUT2D eigenvalue weighted by Crippen LogP contribution is 2.46. The number of benzene rings is 1. The van der Waals surface area contributed by atoms with E-state index >= 15 is 0 Å². The van der Waals surface area contributed by atoms with Crippen LogP contribution in [0.3, 0.4) is 0 Å². The van der Waals surface area contributed by atoms with Crippen LogP contribution in [-0.4, -0.2) is 5.91 Å². The number of rotatable bonds is 1. The van der Waals surface area contributed by atoms with Crippen LogP contribution in [0.25, 0.3) is 0 Å². The first-order chi connectivity index (χ1) is 6.77. The van der Waals surface area contributed by atoms with E-state index in [1.807, 2.05) is 18.2 Å². The number of nitrogens with one attached hydrogen (secondary N) is 1. The van der Waals surface area contributed by atoms with E-state index in [1.54, 1.807) is 0 Å². The van der Waals surface area contributed by atoms with E-state index in [-0.39, 0.29) is 11.9 Å². The number of amides is 1. The third kappa shape index (κ3) is 1.07. The topological polar surface area (TPSA) is 29.1 Å². The standard InChI is InChI=1S/C11H10ClNO/c12-8-3-1-2-7-9(8)10(6-4-5-6)13-11(7)14/h1-3,6,10H,4-5H2,(H,13,14). The lowest BCUT2D eigenvalue weighted by Gasteiger charge is -2.10. The summed E-state index contributed by atoms with van der Waals surface area (Å²) in [4.78, 5) is 11.6. The van der Waals surface area contributed by atoms with E-state index in [0.29, 0.717) is 5.92 Å². The smallest absolute Gasteiger partial charge is 0.252 e. The summed E-state index contributed by atoms with van der Waals surface area (Å²) in [7, 11) is 0. The molecule has 2 aliphatic rings. The van der Waals surface area contributed by atoms with Crippen LogP contribution in [0.4, 0.5) is 0 Å². The van der Waals surface area contributed by atoms with Crippen molar-refractivity contribution in [3.8, 4) is 0 Å². The van der Waals surface area contributed by atoms with Gasteiger partial charge < -0.3 is 5.32 Å². The number of halogens is 1. The molecule has 1 aromatic rings. The second kappa shape index (κ2) is 2.74. The van der Waals surface area contributed by atoms with Gasteiger partial charge in [0.2, 0.25) is 0 Å². The van der Waals surface area contributed by atoms with Crippen LogP contribution in [0.5, 0.6) is 0 Å². The van der Waals surface area contributed by atoms with Gasteiger partial charge in [-0.2, -0.15) is 0 Å². The van der Waals surface area contributed by atoms with Gasteiger partial charge in [0.25, 0.3) is 5.91 Å². The van der Waals surface area contributed by atoms with Crippen LogP contribution in [0.15, 0.2) is 18.2 Å². The van der Waals surface area contributed by atoms with E-state index in [0.717, 1.165) is 16.1 Å². The van der Waals surface area contributed by atoms with Gasteiger partial charge in [-0.15, -0.1) is 0 Å². The summed E-state index contributed by atoms with van der Waals surface area (Å²) >= 11 is 6.11. The van der Waals surface area contributed by atoms with Crippen molar-refractivity contribution in [1.82, 2.24) is 5.32 Å². The zero-order valence-electron chi connectivity index (χ0n) is 7.59. The number of carbonyl (C=O) groups is 1. The largest absolute Gasteiger partial charge is 0.345 e. The van der Waals surface area contributed by atoms with Gasteiger partial charge in [-0.05, 0) is 30.9 Å². The van der Waals surface area contributed by atoms with Crippen molar-refractivity contribution < 1.29 is 4.79 Å². The zero-order chi connectivity index (χ0) is 9.71. The molecule has 1 aliphatic heterocycles. The van der Waals surface area contributed by atoms with Crippen LogP contribution < -0.4 is 5.32 Å². The molecule has 0 bridgehead atoms. The Morgan fingerprint density at radius 1 is 1.36 bits per heavy atom. The summed E-state index contributed by atoms with van der Waals surface area (Å²) in [5, 5.41) is 3.72. The van der Waals surface area contributed by atoms with Crippen LogP contribution in [0.2, 0.25) is 5.02 Å². The molecule has 1 saturated carbocycles. The van der Waals surface area contributed by atoms with Gasteiger partial charge in [0.05, 0.1) is 6.04 Å². The van der Waals surface area contributed by atoms with Crippen molar-refractivity contribution in [2.75, 3.05) is 0 Å². The molecule has 1 atom stereocenters. The highest BCUT2D eigenvalue weighted by molar-refractivity contribution is 6.32. The molecule has 1 amide bonds. The van der Waals surface area contributed by atoms with E-state index in [1.165, 1.54) is 12.8 Å². The van der Waals surface area contributed by atoms with E-state index in [2.05, 4.69) is 5.32 Å². The molecule has 0 radical (unpaired) electrons. The lowest BCUT2D eigenvalue weighted by molar-refractivity contribution is 0.0953. The third-order valence-electron chi connectivity index (χ3n) is 2.99. The van der Waals surface area contributed by atoms with E-state index in [4.69, 9.17) is 11.6 Å². The van der Waals surface area contributed by atoms with Gasteiger partial charge in [0.15, 0.2) is 0 Å². The minimum Gasteiger partial charge on any atom is -0.345 e. The SMILES string of the molecule is O=C1NC(C2CC2)c2c(Cl)cccc21. The molecule has 72 valence electrons. The normalized spacial score (nSPS) is 24.6. The number of hydrogen-bond acceptors (Lipinski definition) is 1. The van der Waals surface area contributed by atoms with Crippen molar-refractivity contribution in [2.45, 2.75) is 18.9 Å². The van der Waals surface area contributed by atoms with Crippen molar-refractivity contribution in [3.63, 3.8) is 0 Å². The second-order valence-corrected chi connectivity index (χ2v) is 4.40. The summed E-state index contributed by atoms with van der Waals surface area (Å²) in [5.41, 5.74) is 1.77. The Morgan fingerprint density at radius 2 is 2.14 bits per heavy atom. The Bertz CT molecular complexity index is 412. The first-order valence-corrected chi connectivity index (χ1v) is 5.24. The Kier molecular flexibility index (Phi) is 1.62. The summed E-state index contributed by atoms with van der Waals surface area (Å²) in [6.07, 6.45) is 2.41. The van der Waals surface area contributed by atoms with Crippen LogP contribution in [-0.2, 0) is 0 Å². The number of hydrogen-bond donors (Lipinski definition) is 1. The number of fused-ring (bicyclic) bond motifs is 1. The quantitative estimate of drug-likeness (QED) is 0.754. The molecule has 3 heteroatoms. The Labute approximate surface area is 87.3 Å². The minimum atomic E-state index is 0.0272. The Balaban J connectivity index is 2.14. The van der Waals surface area contributed by atoms with Gasteiger partial charge in [0.1, 0.15) is 0 Å². The Hall–Kier alpha value is -1.02. The highest BCUT2D eigenvalue weighted by Gasteiger charge is 2.40. The predicted molar refractivity (Wildman–Crippen MR) is 54.4 cm³/mol. The summed E-state index contributed by atoms with van der Waals surface area (Å²) < 4.78 is 0. The van der Waals surface area contributed by atoms with Gasteiger partial charge in [-0.25, -0.2) is 0 Å². The maximum atomic E-state index is 11.6. The molecule has 1 aromatic carbocycles. The predicted octanol–water partition coefficient (Wildman–Crippen LogP) is 2.53. The van der Waals surface area contributed by atoms with Crippen molar-refractivity contribution in [3.05, 3.63) is 34.3 Å². The van der Waals surface area contributed by atoms with Crippen LogP contribution >= 0.6 is 11.6 Å². The molecule has 1 heterocycles. The summed E-state index contributed by atoms with van der Waals surface area (Å²) in [6, 6.07) is 5.71. The summed E-state index contributed by atoms with van der Waals surface area (Å²) in [6.45, 7) is 0. The molecule has 1 N–H and O–H groups in total. The van der Waals surface area contributed by atoms with Gasteiger partial charge in [0, 0.05) is 16.1 Å². The fourth-order valence-electron chi connectivity index (χ4n) is 2.13. The Morgan fingerprint density at radius 3 is 2.86 bits per heavy atom. The lowest BCUT2D eigenvalue weighted by atomic mass is 10.0. The highest BCUT2D eigenvalue weighted by atomic mass is 35.5. The van der Waals surface area contributed by atoms with E-state index in [9.17, 15) is 4.79 Å². The van der Waals surface area contributed by atoms with Gasteiger partial charge in [-0.3, -0.25) is 4.79 Å².